The third-order valence-corrected chi connectivity index (χ3v) is 4.58. The Balaban J connectivity index is 1.34. The average molecular weight is 356 g/mol. The standard InChI is InChI=1S/C18H20N4O4/c1-3-22-11(2)13(9-20-22)14-7-17(26-21-14)18(23)19-8-12-4-5-15-16(6-12)25-10-24-15/h4-6,9,17H,3,7-8,10H2,1-2H3,(H,19,23). The van der Waals surface area contributed by atoms with E-state index in [1.807, 2.05) is 36.7 Å². The lowest BCUT2D eigenvalue weighted by molar-refractivity contribution is -0.131. The van der Waals surface area contributed by atoms with Crippen LogP contribution in [-0.4, -0.2) is 34.3 Å². The van der Waals surface area contributed by atoms with Crippen LogP contribution in [0.3, 0.4) is 0 Å². The fourth-order valence-electron chi connectivity index (χ4n) is 3.08. The zero-order valence-electron chi connectivity index (χ0n) is 14.7. The zero-order valence-corrected chi connectivity index (χ0v) is 14.7. The number of oxime groups is 1. The van der Waals surface area contributed by atoms with E-state index < -0.39 is 6.10 Å². The molecule has 0 radical (unpaired) electrons. The van der Waals surface area contributed by atoms with Crippen LogP contribution in [0.5, 0.6) is 11.5 Å². The second-order valence-corrected chi connectivity index (χ2v) is 6.20. The summed E-state index contributed by atoms with van der Waals surface area (Å²) in [5.74, 6) is 1.23. The van der Waals surface area contributed by atoms with Crippen molar-refractivity contribution in [3.63, 3.8) is 0 Å². The SMILES string of the molecule is CCn1ncc(C2=NOC(C(=O)NCc3ccc4c(c3)OCO4)C2)c1C. The monoisotopic (exact) mass is 356 g/mol. The number of nitrogens with zero attached hydrogens (tertiary/aromatic N) is 3. The lowest BCUT2D eigenvalue weighted by Gasteiger charge is -2.10. The summed E-state index contributed by atoms with van der Waals surface area (Å²) in [5.41, 5.74) is 3.64. The van der Waals surface area contributed by atoms with Crippen molar-refractivity contribution in [1.82, 2.24) is 15.1 Å². The number of fused-ring (bicyclic) bond motifs is 1. The third kappa shape index (κ3) is 2.98. The van der Waals surface area contributed by atoms with Crippen LogP contribution in [-0.2, 0) is 22.7 Å². The topological polar surface area (TPSA) is 87.0 Å². The normalized spacial score (nSPS) is 17.8. The van der Waals surface area contributed by atoms with E-state index in [1.54, 1.807) is 6.20 Å². The Morgan fingerprint density at radius 3 is 3.00 bits per heavy atom. The molecule has 0 aliphatic carbocycles. The van der Waals surface area contributed by atoms with Crippen LogP contribution in [0.1, 0.15) is 30.2 Å². The van der Waals surface area contributed by atoms with Crippen molar-refractivity contribution in [1.29, 1.82) is 0 Å². The predicted molar refractivity (Wildman–Crippen MR) is 93.1 cm³/mol. The number of aryl methyl sites for hydroxylation is 1. The van der Waals surface area contributed by atoms with Crippen LogP contribution in [0, 0.1) is 6.92 Å². The molecular formula is C18H20N4O4. The molecule has 1 aromatic heterocycles. The molecule has 0 spiro atoms. The minimum Gasteiger partial charge on any atom is -0.454 e. The van der Waals surface area contributed by atoms with Gasteiger partial charge in [-0.05, 0) is 31.5 Å². The molecule has 1 aromatic carbocycles. The van der Waals surface area contributed by atoms with Gasteiger partial charge in [0.1, 0.15) is 0 Å². The first-order valence-corrected chi connectivity index (χ1v) is 8.57. The summed E-state index contributed by atoms with van der Waals surface area (Å²) >= 11 is 0. The molecule has 1 atom stereocenters. The lowest BCUT2D eigenvalue weighted by atomic mass is 10.1. The molecular weight excluding hydrogens is 336 g/mol. The van der Waals surface area contributed by atoms with Crippen LogP contribution in [0.2, 0.25) is 0 Å². The first-order chi connectivity index (χ1) is 12.7. The Morgan fingerprint density at radius 1 is 1.35 bits per heavy atom. The van der Waals surface area contributed by atoms with E-state index in [0.717, 1.165) is 34.8 Å². The smallest absolute Gasteiger partial charge is 0.264 e. The van der Waals surface area contributed by atoms with Gasteiger partial charge < -0.3 is 19.6 Å². The van der Waals surface area contributed by atoms with Crippen LogP contribution >= 0.6 is 0 Å². The Labute approximate surface area is 150 Å². The Kier molecular flexibility index (Phi) is 4.24. The van der Waals surface area contributed by atoms with Gasteiger partial charge in [0.05, 0.1) is 11.9 Å². The molecule has 0 bridgehead atoms. The van der Waals surface area contributed by atoms with Crippen LogP contribution in [0.25, 0.3) is 0 Å². The average Bonchev–Trinajstić information content (AvgIpc) is 3.38. The van der Waals surface area contributed by atoms with Crippen molar-refractivity contribution >= 4 is 11.6 Å². The van der Waals surface area contributed by atoms with Gasteiger partial charge in [0, 0.05) is 30.8 Å². The fraction of sp³-hybridized carbons (Fsp3) is 0.389. The molecule has 1 unspecified atom stereocenters. The second-order valence-electron chi connectivity index (χ2n) is 6.20. The highest BCUT2D eigenvalue weighted by Gasteiger charge is 2.30. The largest absolute Gasteiger partial charge is 0.454 e. The Bertz CT molecular complexity index is 874. The summed E-state index contributed by atoms with van der Waals surface area (Å²) in [6.45, 7) is 5.43. The van der Waals surface area contributed by atoms with E-state index in [-0.39, 0.29) is 12.7 Å². The van der Waals surface area contributed by atoms with Crippen LogP contribution < -0.4 is 14.8 Å². The van der Waals surface area contributed by atoms with Crippen molar-refractivity contribution in [2.75, 3.05) is 6.79 Å². The number of nitrogens with one attached hydrogen (secondary N) is 1. The Morgan fingerprint density at radius 2 is 2.19 bits per heavy atom. The van der Waals surface area contributed by atoms with E-state index in [9.17, 15) is 4.79 Å². The number of ether oxygens (including phenoxy) is 2. The number of benzene rings is 1. The fourth-order valence-corrected chi connectivity index (χ4v) is 3.08. The molecule has 136 valence electrons. The highest BCUT2D eigenvalue weighted by molar-refractivity contribution is 6.04. The third-order valence-electron chi connectivity index (χ3n) is 4.58. The molecule has 2 aliphatic heterocycles. The first-order valence-electron chi connectivity index (χ1n) is 8.57. The molecule has 0 saturated carbocycles. The van der Waals surface area contributed by atoms with Gasteiger partial charge in [-0.3, -0.25) is 9.48 Å². The maximum atomic E-state index is 12.4. The highest BCUT2D eigenvalue weighted by Crippen LogP contribution is 2.32. The van der Waals surface area contributed by atoms with Gasteiger partial charge in [-0.15, -0.1) is 0 Å². The van der Waals surface area contributed by atoms with Gasteiger partial charge in [0.2, 0.25) is 12.9 Å². The van der Waals surface area contributed by atoms with Gasteiger partial charge in [0.25, 0.3) is 5.91 Å². The van der Waals surface area contributed by atoms with Crippen LogP contribution in [0.15, 0.2) is 29.6 Å². The quantitative estimate of drug-likeness (QED) is 0.882. The maximum absolute atomic E-state index is 12.4. The van der Waals surface area contributed by atoms with Crippen molar-refractivity contribution in [3.05, 3.63) is 41.2 Å². The summed E-state index contributed by atoms with van der Waals surface area (Å²) in [7, 11) is 0. The minimum atomic E-state index is -0.622. The number of amides is 1. The first kappa shape index (κ1) is 16.4. The molecule has 1 N–H and O–H groups in total. The number of aromatic nitrogens is 2. The summed E-state index contributed by atoms with van der Waals surface area (Å²) < 4.78 is 12.5. The van der Waals surface area contributed by atoms with Gasteiger partial charge >= 0.3 is 0 Å². The molecule has 26 heavy (non-hydrogen) atoms. The number of hydrogen-bond donors (Lipinski definition) is 1. The van der Waals surface area contributed by atoms with E-state index in [4.69, 9.17) is 14.3 Å². The Hall–Kier alpha value is -3.03. The molecule has 2 aliphatic rings. The van der Waals surface area contributed by atoms with E-state index in [0.29, 0.717) is 18.7 Å². The molecule has 0 saturated heterocycles. The summed E-state index contributed by atoms with van der Waals surface area (Å²) in [4.78, 5) is 17.7. The van der Waals surface area contributed by atoms with Crippen molar-refractivity contribution in [2.24, 2.45) is 5.16 Å². The zero-order chi connectivity index (χ0) is 18.1. The summed E-state index contributed by atoms with van der Waals surface area (Å²) in [6, 6.07) is 5.60. The van der Waals surface area contributed by atoms with E-state index in [1.165, 1.54) is 0 Å². The van der Waals surface area contributed by atoms with Gasteiger partial charge in [-0.2, -0.15) is 5.10 Å². The number of hydrogen-bond acceptors (Lipinski definition) is 6. The molecule has 3 heterocycles. The van der Waals surface area contributed by atoms with Crippen LogP contribution in [0.4, 0.5) is 0 Å². The number of carbonyl (C=O) groups is 1. The summed E-state index contributed by atoms with van der Waals surface area (Å²) in [6.07, 6.45) is 1.58. The molecule has 4 rings (SSSR count). The van der Waals surface area contributed by atoms with Gasteiger partial charge in [-0.25, -0.2) is 0 Å². The molecule has 0 fully saturated rings. The number of rotatable bonds is 5. The molecule has 8 nitrogen and oxygen atoms in total. The van der Waals surface area contributed by atoms with Gasteiger partial charge in [-0.1, -0.05) is 11.2 Å². The van der Waals surface area contributed by atoms with Crippen molar-refractivity contribution < 1.29 is 19.1 Å². The van der Waals surface area contributed by atoms with Crippen molar-refractivity contribution in [2.45, 2.75) is 39.5 Å². The van der Waals surface area contributed by atoms with Gasteiger partial charge in [0.15, 0.2) is 11.5 Å². The highest BCUT2D eigenvalue weighted by atomic mass is 16.7. The summed E-state index contributed by atoms with van der Waals surface area (Å²) in [5, 5.41) is 11.3. The second kappa shape index (κ2) is 6.70. The lowest BCUT2D eigenvalue weighted by Crippen LogP contribution is -2.34. The minimum absolute atomic E-state index is 0.193. The molecule has 8 heteroatoms. The molecule has 1 amide bonds. The van der Waals surface area contributed by atoms with Crippen molar-refractivity contribution in [3.8, 4) is 11.5 Å². The predicted octanol–water partition coefficient (Wildman–Crippen LogP) is 1.75. The molecule has 2 aromatic rings. The van der Waals surface area contributed by atoms with E-state index >= 15 is 0 Å². The van der Waals surface area contributed by atoms with E-state index in [2.05, 4.69) is 15.6 Å². The number of carbonyl (C=O) groups excluding carboxylic acids is 1. The maximum Gasteiger partial charge on any atom is 0.264 e.